The van der Waals surface area contributed by atoms with Gasteiger partial charge in [0.05, 0.1) is 11.5 Å². The molecular weight excluding hydrogens is 396 g/mol. The third-order valence-corrected chi connectivity index (χ3v) is 6.24. The van der Waals surface area contributed by atoms with Crippen molar-refractivity contribution < 1.29 is 18.1 Å². The fourth-order valence-electron chi connectivity index (χ4n) is 1.90. The van der Waals surface area contributed by atoms with Crippen molar-refractivity contribution in [2.24, 2.45) is 5.73 Å². The predicted molar refractivity (Wildman–Crippen MR) is 99.8 cm³/mol. The number of aromatic nitrogens is 1. The molecule has 1 amide bonds. The standard InChI is InChI=1S/C14H18N6O5S2/c15-7-11-2-4-14(26-11)27(24,25)19-9-13(21)17-6-5-16-12-3-1-10(8-18-12)20(22)23/h1-4,8,19H,5-7,9,15H2,(H,16,18)(H,17,21). The molecule has 13 heteroatoms. The molecule has 5 N–H and O–H groups in total. The van der Waals surface area contributed by atoms with Crippen molar-refractivity contribution >= 4 is 38.8 Å². The van der Waals surface area contributed by atoms with Crippen molar-refractivity contribution in [2.75, 3.05) is 25.0 Å². The number of rotatable bonds is 10. The summed E-state index contributed by atoms with van der Waals surface area (Å²) in [5.41, 5.74) is 5.33. The zero-order valence-electron chi connectivity index (χ0n) is 14.0. The number of nitrogens with two attached hydrogens (primary N) is 1. The number of nitrogens with one attached hydrogen (secondary N) is 3. The summed E-state index contributed by atoms with van der Waals surface area (Å²) in [6.45, 7) is 0.384. The quantitative estimate of drug-likeness (QED) is 0.239. The van der Waals surface area contributed by atoms with Crippen LogP contribution in [0.3, 0.4) is 0 Å². The maximum absolute atomic E-state index is 12.1. The highest BCUT2D eigenvalue weighted by Gasteiger charge is 2.17. The van der Waals surface area contributed by atoms with Crippen LogP contribution >= 0.6 is 11.3 Å². The van der Waals surface area contributed by atoms with Gasteiger partial charge in [0.1, 0.15) is 16.2 Å². The second-order valence-corrected chi connectivity index (χ2v) is 8.35. The van der Waals surface area contributed by atoms with Gasteiger partial charge in [-0.3, -0.25) is 14.9 Å². The van der Waals surface area contributed by atoms with Crippen LogP contribution < -0.4 is 21.1 Å². The number of hydrogen-bond donors (Lipinski definition) is 4. The van der Waals surface area contributed by atoms with Gasteiger partial charge in [0, 0.05) is 30.6 Å². The van der Waals surface area contributed by atoms with Gasteiger partial charge in [0.25, 0.3) is 15.7 Å². The number of nitrogens with zero attached hydrogens (tertiary/aromatic N) is 2. The van der Waals surface area contributed by atoms with Crippen LogP contribution in [0.4, 0.5) is 11.5 Å². The molecule has 27 heavy (non-hydrogen) atoms. The molecule has 2 heterocycles. The first-order chi connectivity index (χ1) is 12.8. The average Bonchev–Trinajstić information content (AvgIpc) is 3.14. The van der Waals surface area contributed by atoms with E-state index < -0.39 is 27.4 Å². The lowest BCUT2D eigenvalue weighted by atomic mass is 10.4. The van der Waals surface area contributed by atoms with Gasteiger partial charge in [0.15, 0.2) is 0 Å². The Morgan fingerprint density at radius 1 is 1.26 bits per heavy atom. The van der Waals surface area contributed by atoms with Gasteiger partial charge in [-0.05, 0) is 18.2 Å². The number of anilines is 1. The Hall–Kier alpha value is -2.61. The van der Waals surface area contributed by atoms with Gasteiger partial charge in [-0.1, -0.05) is 0 Å². The molecule has 0 saturated heterocycles. The van der Waals surface area contributed by atoms with Crippen LogP contribution in [0.5, 0.6) is 0 Å². The molecule has 146 valence electrons. The van der Waals surface area contributed by atoms with Crippen LogP contribution in [0.2, 0.25) is 0 Å². The lowest BCUT2D eigenvalue weighted by molar-refractivity contribution is -0.385. The molecule has 2 rings (SSSR count). The van der Waals surface area contributed by atoms with Crippen molar-refractivity contribution in [1.29, 1.82) is 0 Å². The molecular formula is C14H18N6O5S2. The van der Waals surface area contributed by atoms with E-state index in [1.165, 1.54) is 18.2 Å². The number of carbonyl (C=O) groups is 1. The zero-order valence-corrected chi connectivity index (χ0v) is 15.7. The minimum Gasteiger partial charge on any atom is -0.368 e. The van der Waals surface area contributed by atoms with E-state index >= 15 is 0 Å². The van der Waals surface area contributed by atoms with Gasteiger partial charge in [0.2, 0.25) is 5.91 Å². The summed E-state index contributed by atoms with van der Waals surface area (Å²) in [4.78, 5) is 26.3. The van der Waals surface area contributed by atoms with Crippen LogP contribution in [0.25, 0.3) is 0 Å². The van der Waals surface area contributed by atoms with Gasteiger partial charge < -0.3 is 16.4 Å². The monoisotopic (exact) mass is 414 g/mol. The summed E-state index contributed by atoms with van der Waals surface area (Å²) in [6, 6.07) is 5.82. The van der Waals surface area contributed by atoms with Gasteiger partial charge in [-0.25, -0.2) is 18.1 Å². The first kappa shape index (κ1) is 20.7. The Morgan fingerprint density at radius 2 is 2.04 bits per heavy atom. The highest BCUT2D eigenvalue weighted by molar-refractivity contribution is 7.91. The third-order valence-electron chi connectivity index (χ3n) is 3.24. The molecule has 0 bridgehead atoms. The van der Waals surface area contributed by atoms with Crippen LogP contribution in [-0.2, 0) is 21.4 Å². The fraction of sp³-hybridized carbons (Fsp3) is 0.286. The number of sulfonamides is 1. The first-order valence-electron chi connectivity index (χ1n) is 7.71. The molecule has 2 aromatic heterocycles. The molecule has 0 spiro atoms. The first-order valence-corrected chi connectivity index (χ1v) is 10.0. The molecule has 0 unspecified atom stereocenters. The Bertz CT molecular complexity index is 897. The number of hydrogen-bond acceptors (Lipinski definition) is 9. The Kier molecular flexibility index (Phi) is 7.18. The molecule has 0 radical (unpaired) electrons. The van der Waals surface area contributed by atoms with Crippen molar-refractivity contribution in [3.8, 4) is 0 Å². The molecule has 0 aliphatic rings. The lowest BCUT2D eigenvalue weighted by Crippen LogP contribution is -2.38. The maximum atomic E-state index is 12.1. The molecule has 0 aliphatic heterocycles. The van der Waals surface area contributed by atoms with Crippen LogP contribution in [-0.4, -0.2) is 43.9 Å². The summed E-state index contributed by atoms with van der Waals surface area (Å²) in [5, 5.41) is 15.9. The molecule has 2 aromatic rings. The predicted octanol–water partition coefficient (Wildman–Crippen LogP) is 0.0166. The molecule has 0 aliphatic carbocycles. The minimum atomic E-state index is -3.76. The molecule has 0 saturated carbocycles. The van der Waals surface area contributed by atoms with Crippen LogP contribution in [0, 0.1) is 10.1 Å². The maximum Gasteiger partial charge on any atom is 0.287 e. The summed E-state index contributed by atoms with van der Waals surface area (Å²) >= 11 is 1.05. The highest BCUT2D eigenvalue weighted by Crippen LogP contribution is 2.20. The van der Waals surface area contributed by atoms with Gasteiger partial charge in [-0.15, -0.1) is 11.3 Å². The largest absolute Gasteiger partial charge is 0.368 e. The van der Waals surface area contributed by atoms with Crippen molar-refractivity contribution in [3.05, 3.63) is 45.5 Å². The van der Waals surface area contributed by atoms with E-state index in [2.05, 4.69) is 20.3 Å². The second-order valence-electron chi connectivity index (χ2n) is 5.18. The zero-order chi connectivity index (χ0) is 19.9. The van der Waals surface area contributed by atoms with Crippen LogP contribution in [0.1, 0.15) is 4.88 Å². The second kappa shape index (κ2) is 9.36. The van der Waals surface area contributed by atoms with E-state index in [4.69, 9.17) is 5.73 Å². The lowest BCUT2D eigenvalue weighted by Gasteiger charge is -2.08. The normalized spacial score (nSPS) is 11.1. The summed E-state index contributed by atoms with van der Waals surface area (Å²) in [5.74, 6) is -0.0726. The van der Waals surface area contributed by atoms with E-state index in [0.29, 0.717) is 12.4 Å². The Labute approximate surface area is 159 Å². The Morgan fingerprint density at radius 3 is 2.63 bits per heavy atom. The number of nitro groups is 1. The average molecular weight is 414 g/mol. The molecule has 0 fully saturated rings. The van der Waals surface area contributed by atoms with Crippen molar-refractivity contribution in [3.63, 3.8) is 0 Å². The third kappa shape index (κ3) is 6.25. The van der Waals surface area contributed by atoms with E-state index in [1.54, 1.807) is 6.07 Å². The molecule has 0 aromatic carbocycles. The van der Waals surface area contributed by atoms with Crippen molar-refractivity contribution in [1.82, 2.24) is 15.0 Å². The van der Waals surface area contributed by atoms with E-state index in [-0.39, 0.29) is 23.0 Å². The van der Waals surface area contributed by atoms with E-state index in [0.717, 1.165) is 22.4 Å². The summed E-state index contributed by atoms with van der Waals surface area (Å²) in [6.07, 6.45) is 1.12. The summed E-state index contributed by atoms with van der Waals surface area (Å²) < 4.78 is 26.5. The minimum absolute atomic E-state index is 0.0988. The number of amides is 1. The number of carbonyl (C=O) groups excluding carboxylic acids is 1. The molecule has 11 nitrogen and oxygen atoms in total. The fourth-order valence-corrected chi connectivity index (χ4v) is 4.16. The van der Waals surface area contributed by atoms with Crippen molar-refractivity contribution in [2.45, 2.75) is 10.8 Å². The van der Waals surface area contributed by atoms with Gasteiger partial charge >= 0.3 is 0 Å². The topological polar surface area (TPSA) is 169 Å². The van der Waals surface area contributed by atoms with E-state index in [1.807, 2.05) is 0 Å². The van der Waals surface area contributed by atoms with Gasteiger partial charge in [-0.2, -0.15) is 0 Å². The number of pyridine rings is 1. The Balaban J connectivity index is 1.70. The highest BCUT2D eigenvalue weighted by atomic mass is 32.2. The smallest absolute Gasteiger partial charge is 0.287 e. The van der Waals surface area contributed by atoms with Crippen LogP contribution in [0.15, 0.2) is 34.7 Å². The van der Waals surface area contributed by atoms with E-state index in [9.17, 15) is 23.3 Å². The SMILES string of the molecule is NCc1ccc(S(=O)(=O)NCC(=O)NCCNc2ccc([N+](=O)[O-])cn2)s1. The number of thiophene rings is 1. The summed E-state index contributed by atoms with van der Waals surface area (Å²) in [7, 11) is -3.76. The molecule has 0 atom stereocenters.